The van der Waals surface area contributed by atoms with Gasteiger partial charge in [0.15, 0.2) is 11.5 Å². The van der Waals surface area contributed by atoms with Gasteiger partial charge in [-0.1, -0.05) is 0 Å². The number of fused-ring (bicyclic) bond motifs is 2. The smallest absolute Gasteiger partial charge is 0.204 e. The predicted molar refractivity (Wildman–Crippen MR) is 97.3 cm³/mol. The molecule has 2 aromatic carbocycles. The number of aliphatic hydroxyl groups excluding tert-OH is 1. The maximum absolute atomic E-state index is 12.8. The number of hydrogen-bond donors (Lipinski definition) is 4. The molecule has 0 saturated carbocycles. The standard InChI is InChI=1S/C20H18O7/c1-20(2)16(24)5-10-3-9(4-14(23)19(10)27-20)12-8-26-15-7-11(21)6-13(22)17(15)18(12)25/h3-4,6-8,16,21-24H,5H2,1-2H3/t16-/m0/s1. The van der Waals surface area contributed by atoms with Crippen LogP contribution in [0.25, 0.3) is 22.1 Å². The second-order valence-corrected chi connectivity index (χ2v) is 7.23. The minimum absolute atomic E-state index is 0.0453. The van der Waals surface area contributed by atoms with Crippen LogP contribution in [0.1, 0.15) is 19.4 Å². The van der Waals surface area contributed by atoms with E-state index in [0.29, 0.717) is 11.1 Å². The van der Waals surface area contributed by atoms with Crippen molar-refractivity contribution in [2.75, 3.05) is 0 Å². The molecule has 4 N–H and O–H groups in total. The number of hydrogen-bond acceptors (Lipinski definition) is 7. The highest BCUT2D eigenvalue weighted by atomic mass is 16.5. The average molecular weight is 370 g/mol. The molecule has 1 atom stereocenters. The quantitative estimate of drug-likeness (QED) is 0.520. The minimum Gasteiger partial charge on any atom is -0.508 e. The first-order valence-corrected chi connectivity index (χ1v) is 8.38. The Labute approximate surface area is 153 Å². The van der Waals surface area contributed by atoms with Gasteiger partial charge < -0.3 is 29.6 Å². The van der Waals surface area contributed by atoms with Gasteiger partial charge in [-0.25, -0.2) is 0 Å². The fourth-order valence-corrected chi connectivity index (χ4v) is 3.30. The molecule has 7 heteroatoms. The molecule has 0 bridgehead atoms. The Morgan fingerprint density at radius 1 is 1.07 bits per heavy atom. The fraction of sp³-hybridized carbons (Fsp3) is 0.250. The topological polar surface area (TPSA) is 120 Å². The lowest BCUT2D eigenvalue weighted by atomic mass is 9.89. The maximum atomic E-state index is 12.8. The monoisotopic (exact) mass is 370 g/mol. The zero-order valence-electron chi connectivity index (χ0n) is 14.7. The van der Waals surface area contributed by atoms with Gasteiger partial charge in [0.05, 0.1) is 11.7 Å². The molecule has 1 aromatic heterocycles. The molecule has 0 fully saturated rings. The Morgan fingerprint density at radius 3 is 2.56 bits per heavy atom. The van der Waals surface area contributed by atoms with Gasteiger partial charge in [-0.3, -0.25) is 4.79 Å². The van der Waals surface area contributed by atoms with Crippen LogP contribution in [0, 0.1) is 0 Å². The summed E-state index contributed by atoms with van der Waals surface area (Å²) >= 11 is 0. The van der Waals surface area contributed by atoms with E-state index in [1.165, 1.54) is 18.4 Å². The van der Waals surface area contributed by atoms with Crippen molar-refractivity contribution in [3.63, 3.8) is 0 Å². The first kappa shape index (κ1) is 17.2. The van der Waals surface area contributed by atoms with E-state index in [-0.39, 0.29) is 40.2 Å². The van der Waals surface area contributed by atoms with Crippen LogP contribution in [0.3, 0.4) is 0 Å². The fourth-order valence-electron chi connectivity index (χ4n) is 3.30. The van der Waals surface area contributed by atoms with Crippen molar-refractivity contribution >= 4 is 11.0 Å². The Kier molecular flexibility index (Phi) is 3.61. The summed E-state index contributed by atoms with van der Waals surface area (Å²) in [4.78, 5) is 12.8. The first-order chi connectivity index (χ1) is 12.7. The van der Waals surface area contributed by atoms with Crippen LogP contribution in [0.15, 0.2) is 39.7 Å². The lowest BCUT2D eigenvalue weighted by Crippen LogP contribution is -2.46. The van der Waals surface area contributed by atoms with Crippen LogP contribution in [0.2, 0.25) is 0 Å². The van der Waals surface area contributed by atoms with E-state index in [4.69, 9.17) is 9.15 Å². The zero-order chi connectivity index (χ0) is 19.5. The van der Waals surface area contributed by atoms with Gasteiger partial charge in [0, 0.05) is 24.1 Å². The van der Waals surface area contributed by atoms with Crippen molar-refractivity contribution in [2.45, 2.75) is 32.0 Å². The van der Waals surface area contributed by atoms with Crippen LogP contribution >= 0.6 is 0 Å². The molecule has 3 aromatic rings. The van der Waals surface area contributed by atoms with Crippen molar-refractivity contribution in [2.24, 2.45) is 0 Å². The van der Waals surface area contributed by atoms with Gasteiger partial charge in [0.25, 0.3) is 0 Å². The number of ether oxygens (including phenoxy) is 1. The van der Waals surface area contributed by atoms with E-state index in [2.05, 4.69) is 0 Å². The van der Waals surface area contributed by atoms with Crippen molar-refractivity contribution in [3.05, 3.63) is 46.3 Å². The summed E-state index contributed by atoms with van der Waals surface area (Å²) in [5, 5.41) is 40.1. The Hall–Kier alpha value is -3.19. The second kappa shape index (κ2) is 5.65. The first-order valence-electron chi connectivity index (χ1n) is 8.38. The van der Waals surface area contributed by atoms with Crippen LogP contribution in [-0.4, -0.2) is 32.1 Å². The lowest BCUT2D eigenvalue weighted by Gasteiger charge is -2.37. The van der Waals surface area contributed by atoms with Crippen molar-refractivity contribution in [3.8, 4) is 34.1 Å². The van der Waals surface area contributed by atoms with Gasteiger partial charge >= 0.3 is 0 Å². The van der Waals surface area contributed by atoms with Gasteiger partial charge in [0.1, 0.15) is 34.3 Å². The predicted octanol–water partition coefficient (Wildman–Crippen LogP) is 2.65. The van der Waals surface area contributed by atoms with E-state index in [1.54, 1.807) is 19.9 Å². The third-order valence-corrected chi connectivity index (χ3v) is 4.88. The normalized spacial score (nSPS) is 18.1. The van der Waals surface area contributed by atoms with Crippen LogP contribution in [0.5, 0.6) is 23.0 Å². The van der Waals surface area contributed by atoms with E-state index in [1.807, 2.05) is 0 Å². The Balaban J connectivity index is 1.91. The Bertz CT molecular complexity index is 1130. The number of phenols is 3. The molecule has 1 aliphatic rings. The average Bonchev–Trinajstić information content (AvgIpc) is 2.56. The van der Waals surface area contributed by atoms with E-state index < -0.39 is 22.9 Å². The molecular formula is C20H18O7. The van der Waals surface area contributed by atoms with E-state index in [0.717, 1.165) is 6.07 Å². The molecule has 1 aliphatic heterocycles. The number of aromatic hydroxyl groups is 3. The molecule has 0 spiro atoms. The molecule has 0 radical (unpaired) electrons. The van der Waals surface area contributed by atoms with E-state index in [9.17, 15) is 25.2 Å². The van der Waals surface area contributed by atoms with Gasteiger partial charge in [-0.05, 0) is 31.5 Å². The third kappa shape index (κ3) is 2.67. The molecule has 2 heterocycles. The number of benzene rings is 2. The van der Waals surface area contributed by atoms with Crippen molar-refractivity contribution in [1.29, 1.82) is 0 Å². The molecule has 0 amide bonds. The second-order valence-electron chi connectivity index (χ2n) is 7.23. The highest BCUT2D eigenvalue weighted by Gasteiger charge is 2.37. The molecule has 0 saturated heterocycles. The summed E-state index contributed by atoms with van der Waals surface area (Å²) in [5.41, 5.74) is -0.256. The highest BCUT2D eigenvalue weighted by Crippen LogP contribution is 2.42. The summed E-state index contributed by atoms with van der Waals surface area (Å²) in [6.07, 6.45) is 0.677. The molecule has 7 nitrogen and oxygen atoms in total. The molecule has 0 aliphatic carbocycles. The summed E-state index contributed by atoms with van der Waals surface area (Å²) in [7, 11) is 0. The molecule has 27 heavy (non-hydrogen) atoms. The van der Waals surface area contributed by atoms with Gasteiger partial charge in [-0.2, -0.15) is 0 Å². The SMILES string of the molecule is CC1(C)Oc2c(O)cc(-c3coc4cc(O)cc(O)c4c3=O)cc2C[C@@H]1O. The summed E-state index contributed by atoms with van der Waals surface area (Å²) in [6.45, 7) is 3.45. The largest absolute Gasteiger partial charge is 0.508 e. The zero-order valence-corrected chi connectivity index (χ0v) is 14.7. The van der Waals surface area contributed by atoms with Gasteiger partial charge in [0.2, 0.25) is 5.43 Å². The molecule has 140 valence electrons. The lowest BCUT2D eigenvalue weighted by molar-refractivity contribution is -0.0425. The number of rotatable bonds is 1. The molecular weight excluding hydrogens is 352 g/mol. The maximum Gasteiger partial charge on any atom is 0.204 e. The summed E-state index contributed by atoms with van der Waals surface area (Å²) < 4.78 is 11.1. The Morgan fingerprint density at radius 2 is 1.81 bits per heavy atom. The van der Waals surface area contributed by atoms with Crippen molar-refractivity contribution < 1.29 is 29.6 Å². The van der Waals surface area contributed by atoms with Crippen LogP contribution in [-0.2, 0) is 6.42 Å². The van der Waals surface area contributed by atoms with Crippen LogP contribution in [0.4, 0.5) is 0 Å². The summed E-state index contributed by atoms with van der Waals surface area (Å²) in [5.74, 6) is -0.511. The van der Waals surface area contributed by atoms with Crippen molar-refractivity contribution in [1.82, 2.24) is 0 Å². The minimum atomic E-state index is -0.845. The highest BCUT2D eigenvalue weighted by molar-refractivity contribution is 5.88. The number of phenolic OH excluding ortho intramolecular Hbond substituents is 3. The van der Waals surface area contributed by atoms with Gasteiger partial charge in [-0.15, -0.1) is 0 Å². The molecule has 4 rings (SSSR count). The number of aliphatic hydroxyl groups is 1. The third-order valence-electron chi connectivity index (χ3n) is 4.88. The van der Waals surface area contributed by atoms with Crippen LogP contribution < -0.4 is 10.2 Å². The van der Waals surface area contributed by atoms with E-state index >= 15 is 0 Å². The summed E-state index contributed by atoms with van der Waals surface area (Å²) in [6, 6.07) is 5.31. The molecule has 0 unspecified atom stereocenters.